The zero-order valence-electron chi connectivity index (χ0n) is 12.7. The average molecular weight is 301 g/mol. The summed E-state index contributed by atoms with van der Waals surface area (Å²) in [4.78, 5) is 7.13. The first-order chi connectivity index (χ1) is 10.3. The lowest BCUT2D eigenvalue weighted by atomic mass is 9.96. The molecule has 2 heterocycles. The molecule has 1 aromatic carbocycles. The molecule has 3 rings (SSSR count). The summed E-state index contributed by atoms with van der Waals surface area (Å²) in [7, 11) is 2.24. The molecule has 0 bridgehead atoms. The summed E-state index contributed by atoms with van der Waals surface area (Å²) in [6, 6.07) is 11.6. The van der Waals surface area contributed by atoms with Gasteiger partial charge in [0.1, 0.15) is 0 Å². The van der Waals surface area contributed by atoms with Crippen LogP contribution in [0.15, 0.2) is 36.5 Å². The third kappa shape index (κ3) is 3.07. The smallest absolute Gasteiger partial charge is 0.0750 e. The van der Waals surface area contributed by atoms with Crippen molar-refractivity contribution in [1.82, 2.24) is 15.2 Å². The van der Waals surface area contributed by atoms with Crippen molar-refractivity contribution in [2.75, 3.05) is 31.6 Å². The number of aromatic nitrogens is 1. The van der Waals surface area contributed by atoms with Crippen LogP contribution in [0.5, 0.6) is 0 Å². The standard InChI is InChI=1S/C17H23N3S/c1-3-18-17(15-12-21-11-10-20(15)2)14-8-4-6-13-7-5-9-19-16(13)14/h4-9,15,17-18H,3,10-12H2,1-2H3. The molecule has 1 N–H and O–H groups in total. The Hall–Kier alpha value is -1.10. The lowest BCUT2D eigenvalue weighted by Crippen LogP contribution is -2.47. The Morgan fingerprint density at radius 2 is 2.24 bits per heavy atom. The Bertz CT molecular complexity index is 596. The molecule has 0 radical (unpaired) electrons. The Balaban J connectivity index is 2.02. The summed E-state index contributed by atoms with van der Waals surface area (Å²) in [5.74, 6) is 2.41. The molecule has 2 aromatic rings. The second kappa shape index (κ2) is 6.77. The van der Waals surface area contributed by atoms with E-state index in [1.54, 1.807) is 0 Å². The molecular formula is C17H23N3S. The molecule has 112 valence electrons. The van der Waals surface area contributed by atoms with Gasteiger partial charge >= 0.3 is 0 Å². The first-order valence-corrected chi connectivity index (χ1v) is 8.81. The van der Waals surface area contributed by atoms with E-state index < -0.39 is 0 Å². The van der Waals surface area contributed by atoms with E-state index in [1.807, 2.05) is 12.3 Å². The molecule has 21 heavy (non-hydrogen) atoms. The highest BCUT2D eigenvalue weighted by Crippen LogP contribution is 2.30. The van der Waals surface area contributed by atoms with Crippen LogP contribution in [0.1, 0.15) is 18.5 Å². The molecule has 0 aliphatic carbocycles. The number of hydrogen-bond donors (Lipinski definition) is 1. The van der Waals surface area contributed by atoms with Gasteiger partial charge < -0.3 is 5.32 Å². The maximum atomic E-state index is 4.64. The molecule has 1 aromatic heterocycles. The van der Waals surface area contributed by atoms with Crippen molar-refractivity contribution in [1.29, 1.82) is 0 Å². The largest absolute Gasteiger partial charge is 0.309 e. The van der Waals surface area contributed by atoms with Crippen LogP contribution in [0.3, 0.4) is 0 Å². The van der Waals surface area contributed by atoms with E-state index in [0.29, 0.717) is 12.1 Å². The van der Waals surface area contributed by atoms with E-state index in [4.69, 9.17) is 0 Å². The minimum atomic E-state index is 0.339. The number of benzene rings is 1. The Labute approximate surface area is 131 Å². The summed E-state index contributed by atoms with van der Waals surface area (Å²) in [5, 5.41) is 4.92. The maximum Gasteiger partial charge on any atom is 0.0750 e. The molecule has 1 saturated heterocycles. The summed E-state index contributed by atoms with van der Waals surface area (Å²) in [6.07, 6.45) is 1.90. The first kappa shape index (κ1) is 14.8. The Kier molecular flexibility index (Phi) is 4.78. The van der Waals surface area contributed by atoms with Crippen LogP contribution in [0.25, 0.3) is 10.9 Å². The van der Waals surface area contributed by atoms with Crippen molar-refractivity contribution in [3.8, 4) is 0 Å². The van der Waals surface area contributed by atoms with Gasteiger partial charge in [0.25, 0.3) is 0 Å². The van der Waals surface area contributed by atoms with E-state index in [2.05, 4.69) is 65.2 Å². The van der Waals surface area contributed by atoms with Gasteiger partial charge in [-0.2, -0.15) is 11.8 Å². The van der Waals surface area contributed by atoms with Crippen molar-refractivity contribution >= 4 is 22.7 Å². The van der Waals surface area contributed by atoms with E-state index in [0.717, 1.165) is 18.6 Å². The molecule has 0 spiro atoms. The average Bonchev–Trinajstić information content (AvgIpc) is 2.53. The number of rotatable bonds is 4. The first-order valence-electron chi connectivity index (χ1n) is 7.66. The fraction of sp³-hybridized carbons (Fsp3) is 0.471. The van der Waals surface area contributed by atoms with Crippen LogP contribution >= 0.6 is 11.8 Å². The Morgan fingerprint density at radius 1 is 1.38 bits per heavy atom. The van der Waals surface area contributed by atoms with Crippen molar-refractivity contribution in [3.05, 3.63) is 42.1 Å². The van der Waals surface area contributed by atoms with Gasteiger partial charge in [0, 0.05) is 35.7 Å². The van der Waals surface area contributed by atoms with Crippen LogP contribution in [-0.4, -0.2) is 47.6 Å². The number of pyridine rings is 1. The number of thioether (sulfide) groups is 1. The molecule has 0 saturated carbocycles. The van der Waals surface area contributed by atoms with E-state index in [1.165, 1.54) is 22.5 Å². The quantitative estimate of drug-likeness (QED) is 0.940. The van der Waals surface area contributed by atoms with Gasteiger partial charge in [0.15, 0.2) is 0 Å². The summed E-state index contributed by atoms with van der Waals surface area (Å²) < 4.78 is 0. The van der Waals surface area contributed by atoms with Gasteiger partial charge in [-0.25, -0.2) is 0 Å². The lowest BCUT2D eigenvalue weighted by Gasteiger charge is -2.38. The van der Waals surface area contributed by atoms with Gasteiger partial charge in [0.2, 0.25) is 0 Å². The SMILES string of the molecule is CCNC(c1cccc2cccnc12)C1CSCCN1C. The summed E-state index contributed by atoms with van der Waals surface area (Å²) >= 11 is 2.06. The van der Waals surface area contributed by atoms with Crippen LogP contribution in [0, 0.1) is 0 Å². The maximum absolute atomic E-state index is 4.64. The normalized spacial score (nSPS) is 21.5. The molecule has 2 atom stereocenters. The number of nitrogens with one attached hydrogen (secondary N) is 1. The molecular weight excluding hydrogens is 278 g/mol. The van der Waals surface area contributed by atoms with E-state index >= 15 is 0 Å². The molecule has 0 amide bonds. The fourth-order valence-electron chi connectivity index (χ4n) is 3.11. The van der Waals surface area contributed by atoms with Gasteiger partial charge in [-0.1, -0.05) is 31.2 Å². The van der Waals surface area contributed by atoms with Crippen LogP contribution in [0.4, 0.5) is 0 Å². The fourth-order valence-corrected chi connectivity index (χ4v) is 4.38. The van der Waals surface area contributed by atoms with Crippen LogP contribution in [0.2, 0.25) is 0 Å². The third-order valence-electron chi connectivity index (χ3n) is 4.25. The van der Waals surface area contributed by atoms with Gasteiger partial charge in [-0.05, 0) is 25.2 Å². The minimum absolute atomic E-state index is 0.339. The molecule has 1 aliphatic rings. The van der Waals surface area contributed by atoms with Crippen molar-refractivity contribution in [3.63, 3.8) is 0 Å². The second-order valence-electron chi connectivity index (χ2n) is 5.58. The van der Waals surface area contributed by atoms with Crippen LogP contribution in [-0.2, 0) is 0 Å². The topological polar surface area (TPSA) is 28.2 Å². The highest BCUT2D eigenvalue weighted by molar-refractivity contribution is 7.99. The van der Waals surface area contributed by atoms with Crippen molar-refractivity contribution in [2.45, 2.75) is 19.0 Å². The van der Waals surface area contributed by atoms with Gasteiger partial charge in [-0.3, -0.25) is 9.88 Å². The lowest BCUT2D eigenvalue weighted by molar-refractivity contribution is 0.218. The van der Waals surface area contributed by atoms with Gasteiger partial charge in [0.05, 0.1) is 11.6 Å². The number of fused-ring (bicyclic) bond motifs is 1. The Morgan fingerprint density at radius 3 is 3.05 bits per heavy atom. The number of para-hydroxylation sites is 1. The third-order valence-corrected chi connectivity index (χ3v) is 5.30. The van der Waals surface area contributed by atoms with E-state index in [9.17, 15) is 0 Å². The molecule has 1 fully saturated rings. The van der Waals surface area contributed by atoms with Crippen molar-refractivity contribution in [2.24, 2.45) is 0 Å². The van der Waals surface area contributed by atoms with Crippen molar-refractivity contribution < 1.29 is 0 Å². The number of hydrogen-bond acceptors (Lipinski definition) is 4. The predicted octanol–water partition coefficient (Wildman–Crippen LogP) is 2.93. The predicted molar refractivity (Wildman–Crippen MR) is 91.9 cm³/mol. The highest BCUT2D eigenvalue weighted by Gasteiger charge is 2.29. The summed E-state index contributed by atoms with van der Waals surface area (Å²) in [5.41, 5.74) is 2.46. The van der Waals surface area contributed by atoms with Crippen LogP contribution < -0.4 is 5.32 Å². The highest BCUT2D eigenvalue weighted by atomic mass is 32.2. The number of likely N-dealkylation sites (N-methyl/N-ethyl adjacent to an activating group) is 2. The van der Waals surface area contributed by atoms with Gasteiger partial charge in [-0.15, -0.1) is 0 Å². The second-order valence-corrected chi connectivity index (χ2v) is 6.73. The van der Waals surface area contributed by atoms with E-state index in [-0.39, 0.29) is 0 Å². The minimum Gasteiger partial charge on any atom is -0.309 e. The molecule has 3 nitrogen and oxygen atoms in total. The number of nitrogens with zero attached hydrogens (tertiary/aromatic N) is 2. The molecule has 2 unspecified atom stereocenters. The zero-order valence-corrected chi connectivity index (χ0v) is 13.6. The molecule has 1 aliphatic heterocycles. The summed E-state index contributed by atoms with van der Waals surface area (Å²) in [6.45, 7) is 4.32. The molecule has 4 heteroatoms. The monoisotopic (exact) mass is 301 g/mol. The zero-order chi connectivity index (χ0) is 14.7.